The Kier molecular flexibility index (Phi) is 8.48. The third-order valence-corrected chi connectivity index (χ3v) is 6.22. The minimum absolute atomic E-state index is 0.0983. The van der Waals surface area contributed by atoms with Gasteiger partial charge >= 0.3 is 0 Å². The molecule has 0 aromatic heterocycles. The SMILES string of the molecule is C#CCOc1c(Br)cc(/C=C2\SC(=O)N(CCOc3cc(C)ccc3C)C2=O)cc1OCC. The number of carbonyl (C=O) groups is 2. The molecule has 0 unspecified atom stereocenters. The number of thioether (sulfide) groups is 1. The van der Waals surface area contributed by atoms with Crippen LogP contribution in [0.3, 0.4) is 0 Å². The highest BCUT2D eigenvalue weighted by Crippen LogP contribution is 2.39. The number of amides is 2. The Morgan fingerprint density at radius 3 is 2.64 bits per heavy atom. The first-order valence-electron chi connectivity index (χ1n) is 10.3. The number of aryl methyl sites for hydroxylation is 2. The fourth-order valence-corrected chi connectivity index (χ4v) is 4.58. The highest BCUT2D eigenvalue weighted by Gasteiger charge is 2.35. The van der Waals surface area contributed by atoms with Crippen LogP contribution >= 0.6 is 27.7 Å². The smallest absolute Gasteiger partial charge is 0.293 e. The summed E-state index contributed by atoms with van der Waals surface area (Å²) in [5.74, 6) is 3.80. The first kappa shape index (κ1) is 24.7. The van der Waals surface area contributed by atoms with Crippen LogP contribution in [-0.4, -0.2) is 42.4 Å². The fourth-order valence-electron chi connectivity index (χ4n) is 3.14. The molecule has 2 amide bonds. The number of imide groups is 1. The summed E-state index contributed by atoms with van der Waals surface area (Å²) in [5, 5.41) is -0.325. The fraction of sp³-hybridized carbons (Fsp3) is 0.280. The van der Waals surface area contributed by atoms with Crippen LogP contribution in [0, 0.1) is 26.2 Å². The van der Waals surface area contributed by atoms with Gasteiger partial charge in [0.2, 0.25) is 0 Å². The standard InChI is InChI=1S/C25H24BrNO5S/c1-5-10-32-23-19(26)13-18(14-21(23)30-6-2)15-22-24(28)27(25(29)33-22)9-11-31-20-12-16(3)7-8-17(20)4/h1,7-8,12-15H,6,9-11H2,2-4H3/b22-15-. The van der Waals surface area contributed by atoms with Gasteiger partial charge in [0, 0.05) is 0 Å². The highest BCUT2D eigenvalue weighted by atomic mass is 79.9. The van der Waals surface area contributed by atoms with Crippen LogP contribution in [0.2, 0.25) is 0 Å². The van der Waals surface area contributed by atoms with Gasteiger partial charge in [-0.2, -0.15) is 0 Å². The molecule has 0 atom stereocenters. The number of halogens is 1. The summed E-state index contributed by atoms with van der Waals surface area (Å²) in [6.07, 6.45) is 6.95. The van der Waals surface area contributed by atoms with E-state index in [0.717, 1.165) is 28.6 Å². The van der Waals surface area contributed by atoms with Crippen LogP contribution in [0.5, 0.6) is 17.2 Å². The largest absolute Gasteiger partial charge is 0.491 e. The zero-order valence-electron chi connectivity index (χ0n) is 18.6. The lowest BCUT2D eigenvalue weighted by Gasteiger charge is -2.15. The van der Waals surface area contributed by atoms with Crippen molar-refractivity contribution >= 4 is 44.9 Å². The maximum atomic E-state index is 12.9. The molecule has 0 N–H and O–H groups in total. The number of rotatable bonds is 9. The minimum Gasteiger partial charge on any atom is -0.491 e. The Morgan fingerprint density at radius 2 is 1.91 bits per heavy atom. The average Bonchev–Trinajstić information content (AvgIpc) is 3.03. The summed E-state index contributed by atoms with van der Waals surface area (Å²) < 4.78 is 17.7. The lowest BCUT2D eigenvalue weighted by Crippen LogP contribution is -2.32. The molecule has 2 aromatic rings. The van der Waals surface area contributed by atoms with Gasteiger partial charge in [0.05, 0.1) is 22.5 Å². The summed E-state index contributed by atoms with van der Waals surface area (Å²) in [7, 11) is 0. The van der Waals surface area contributed by atoms with Crippen LogP contribution in [-0.2, 0) is 4.79 Å². The van der Waals surface area contributed by atoms with Gasteiger partial charge in [-0.15, -0.1) is 6.42 Å². The van der Waals surface area contributed by atoms with Crippen LogP contribution in [0.25, 0.3) is 6.08 Å². The van der Waals surface area contributed by atoms with Crippen molar-refractivity contribution in [3.8, 4) is 29.6 Å². The summed E-state index contributed by atoms with van der Waals surface area (Å²) in [6.45, 7) is 6.71. The molecule has 1 aliphatic heterocycles. The topological polar surface area (TPSA) is 65.1 Å². The summed E-state index contributed by atoms with van der Waals surface area (Å²) in [6, 6.07) is 9.45. The number of terminal acetylenes is 1. The number of nitrogens with zero attached hydrogens (tertiary/aromatic N) is 1. The zero-order valence-corrected chi connectivity index (χ0v) is 21.0. The van der Waals surface area contributed by atoms with E-state index < -0.39 is 0 Å². The van der Waals surface area contributed by atoms with E-state index in [0.29, 0.717) is 33.0 Å². The van der Waals surface area contributed by atoms with Gasteiger partial charge in [-0.3, -0.25) is 14.5 Å². The molecule has 33 heavy (non-hydrogen) atoms. The number of hydrogen-bond acceptors (Lipinski definition) is 6. The Morgan fingerprint density at radius 1 is 1.12 bits per heavy atom. The molecule has 1 saturated heterocycles. The van der Waals surface area contributed by atoms with E-state index >= 15 is 0 Å². The van der Waals surface area contributed by atoms with Gasteiger partial charge in [-0.05, 0) is 89.4 Å². The van der Waals surface area contributed by atoms with Crippen molar-refractivity contribution in [1.29, 1.82) is 0 Å². The predicted octanol–water partition coefficient (Wildman–Crippen LogP) is 5.59. The molecule has 0 bridgehead atoms. The molecular weight excluding hydrogens is 506 g/mol. The summed E-state index contributed by atoms with van der Waals surface area (Å²) in [4.78, 5) is 26.8. The van der Waals surface area contributed by atoms with Gasteiger partial charge < -0.3 is 14.2 Å². The van der Waals surface area contributed by atoms with Crippen molar-refractivity contribution < 1.29 is 23.8 Å². The average molecular weight is 530 g/mol. The second-order valence-electron chi connectivity index (χ2n) is 7.21. The lowest BCUT2D eigenvalue weighted by atomic mass is 10.1. The van der Waals surface area contributed by atoms with E-state index in [-0.39, 0.29) is 30.9 Å². The summed E-state index contributed by atoms with van der Waals surface area (Å²) in [5.41, 5.74) is 2.77. The Labute approximate surface area is 206 Å². The van der Waals surface area contributed by atoms with Crippen molar-refractivity contribution in [2.45, 2.75) is 20.8 Å². The molecule has 1 fully saturated rings. The van der Waals surface area contributed by atoms with E-state index in [1.54, 1.807) is 18.2 Å². The van der Waals surface area contributed by atoms with E-state index in [9.17, 15) is 9.59 Å². The molecule has 1 heterocycles. The number of hydrogen-bond donors (Lipinski definition) is 0. The quantitative estimate of drug-likeness (QED) is 0.311. The third kappa shape index (κ3) is 6.12. The first-order valence-corrected chi connectivity index (χ1v) is 11.9. The molecule has 0 spiro atoms. The van der Waals surface area contributed by atoms with Gasteiger partial charge in [0.15, 0.2) is 11.5 Å². The lowest BCUT2D eigenvalue weighted by molar-refractivity contribution is -0.123. The van der Waals surface area contributed by atoms with Gasteiger partial charge in [0.25, 0.3) is 11.1 Å². The van der Waals surface area contributed by atoms with Gasteiger partial charge in [0.1, 0.15) is 19.0 Å². The molecular formula is C25H24BrNO5S. The second-order valence-corrected chi connectivity index (χ2v) is 9.05. The number of benzene rings is 2. The Balaban J connectivity index is 1.73. The molecule has 8 heteroatoms. The monoisotopic (exact) mass is 529 g/mol. The van der Waals surface area contributed by atoms with Gasteiger partial charge in [-0.25, -0.2) is 0 Å². The third-order valence-electron chi connectivity index (χ3n) is 4.72. The molecule has 0 saturated carbocycles. The van der Waals surface area contributed by atoms with Crippen LogP contribution in [0.1, 0.15) is 23.6 Å². The van der Waals surface area contributed by atoms with E-state index in [2.05, 4.69) is 21.9 Å². The molecule has 0 aliphatic carbocycles. The maximum absolute atomic E-state index is 12.9. The predicted molar refractivity (Wildman–Crippen MR) is 134 cm³/mol. The molecule has 1 aliphatic rings. The van der Waals surface area contributed by atoms with Crippen molar-refractivity contribution in [2.75, 3.05) is 26.4 Å². The van der Waals surface area contributed by atoms with Crippen LogP contribution in [0.4, 0.5) is 4.79 Å². The molecule has 3 rings (SSSR count). The van der Waals surface area contributed by atoms with Crippen molar-refractivity contribution in [3.63, 3.8) is 0 Å². The Hall–Kier alpha value is -2.89. The van der Waals surface area contributed by atoms with E-state index in [1.807, 2.05) is 39.0 Å². The number of ether oxygens (including phenoxy) is 3. The second kappa shape index (κ2) is 11.3. The van der Waals surface area contributed by atoms with E-state index in [4.69, 9.17) is 20.6 Å². The van der Waals surface area contributed by atoms with Crippen molar-refractivity contribution in [1.82, 2.24) is 4.90 Å². The van der Waals surface area contributed by atoms with Crippen molar-refractivity contribution in [3.05, 3.63) is 56.4 Å². The minimum atomic E-state index is -0.351. The van der Waals surface area contributed by atoms with Crippen LogP contribution < -0.4 is 14.2 Å². The van der Waals surface area contributed by atoms with Crippen molar-refractivity contribution in [2.24, 2.45) is 0 Å². The van der Waals surface area contributed by atoms with Gasteiger partial charge in [-0.1, -0.05) is 18.1 Å². The first-order chi connectivity index (χ1) is 15.8. The molecule has 2 aromatic carbocycles. The highest BCUT2D eigenvalue weighted by molar-refractivity contribution is 9.10. The van der Waals surface area contributed by atoms with E-state index in [1.165, 1.54) is 4.90 Å². The molecule has 6 nitrogen and oxygen atoms in total. The normalized spacial score (nSPS) is 14.5. The molecule has 172 valence electrons. The Bertz CT molecular complexity index is 1140. The van der Waals surface area contributed by atoms with Crippen LogP contribution in [0.15, 0.2) is 39.7 Å². The maximum Gasteiger partial charge on any atom is 0.293 e. The number of carbonyl (C=O) groups excluding carboxylic acids is 2. The summed E-state index contributed by atoms with van der Waals surface area (Å²) >= 11 is 4.37. The molecule has 0 radical (unpaired) electrons. The zero-order chi connectivity index (χ0) is 24.0.